The number of hydrogen-bond acceptors (Lipinski definition) is 6. The van der Waals surface area contributed by atoms with Gasteiger partial charge < -0.3 is 19.6 Å². The van der Waals surface area contributed by atoms with Crippen LogP contribution < -0.4 is 4.74 Å². The highest BCUT2D eigenvalue weighted by atomic mass is 19.1. The van der Waals surface area contributed by atoms with E-state index in [-0.39, 0.29) is 23.4 Å². The molecule has 1 atom stereocenters. The van der Waals surface area contributed by atoms with E-state index in [9.17, 15) is 19.1 Å². The molecule has 3 rings (SSSR count). The molecule has 1 N–H and O–H groups in total. The van der Waals surface area contributed by atoms with Gasteiger partial charge in [0.1, 0.15) is 17.3 Å². The van der Waals surface area contributed by atoms with Crippen LogP contribution in [-0.4, -0.2) is 65.9 Å². The summed E-state index contributed by atoms with van der Waals surface area (Å²) in [6, 6.07) is 6.15. The molecule has 1 aromatic heterocycles. The molecular formula is C21H22FN3O4. The van der Waals surface area contributed by atoms with Gasteiger partial charge in [0.15, 0.2) is 0 Å². The summed E-state index contributed by atoms with van der Waals surface area (Å²) in [5.74, 6) is -2.43. The molecule has 1 fully saturated rings. The zero-order chi connectivity index (χ0) is 21.1. The molecular weight excluding hydrogens is 377 g/mol. The molecule has 29 heavy (non-hydrogen) atoms. The van der Waals surface area contributed by atoms with Crippen molar-refractivity contribution < 1.29 is 23.8 Å². The molecule has 1 saturated heterocycles. The molecule has 1 amide bonds. The molecule has 2 aromatic rings. The number of amides is 1. The number of aromatic nitrogens is 1. The van der Waals surface area contributed by atoms with Gasteiger partial charge >= 0.3 is 0 Å². The second kappa shape index (κ2) is 8.40. The van der Waals surface area contributed by atoms with Gasteiger partial charge in [0.05, 0.1) is 24.3 Å². The van der Waals surface area contributed by atoms with Gasteiger partial charge in [0.25, 0.3) is 11.7 Å². The summed E-state index contributed by atoms with van der Waals surface area (Å²) >= 11 is 0. The number of carbonyl (C=O) groups excluding carboxylic acids is 2. The molecule has 2 heterocycles. The van der Waals surface area contributed by atoms with Crippen LogP contribution in [-0.2, 0) is 9.59 Å². The van der Waals surface area contributed by atoms with Crippen molar-refractivity contribution in [2.75, 3.05) is 34.3 Å². The Morgan fingerprint density at radius 3 is 2.55 bits per heavy atom. The van der Waals surface area contributed by atoms with E-state index in [1.807, 2.05) is 19.0 Å². The maximum atomic E-state index is 13.8. The Morgan fingerprint density at radius 2 is 1.93 bits per heavy atom. The fourth-order valence-corrected chi connectivity index (χ4v) is 3.32. The van der Waals surface area contributed by atoms with Crippen molar-refractivity contribution in [3.05, 3.63) is 65.2 Å². The molecule has 1 aromatic carbocycles. The van der Waals surface area contributed by atoms with Gasteiger partial charge in [-0.3, -0.25) is 14.6 Å². The van der Waals surface area contributed by atoms with Gasteiger partial charge in [-0.15, -0.1) is 0 Å². The monoisotopic (exact) mass is 399 g/mol. The molecule has 0 unspecified atom stereocenters. The molecule has 8 heteroatoms. The number of methoxy groups -OCH3 is 1. The van der Waals surface area contributed by atoms with Crippen LogP contribution in [0.2, 0.25) is 0 Å². The number of rotatable bonds is 6. The molecule has 0 saturated carbocycles. The Balaban J connectivity index is 2.19. The van der Waals surface area contributed by atoms with Crippen LogP contribution in [0, 0.1) is 5.82 Å². The van der Waals surface area contributed by atoms with Crippen molar-refractivity contribution in [2.45, 2.75) is 6.04 Å². The number of halogens is 1. The summed E-state index contributed by atoms with van der Waals surface area (Å²) in [5.41, 5.74) is 0.524. The lowest BCUT2D eigenvalue weighted by Gasteiger charge is -2.26. The Morgan fingerprint density at radius 1 is 1.24 bits per heavy atom. The van der Waals surface area contributed by atoms with Gasteiger partial charge in [-0.05, 0) is 50.0 Å². The topological polar surface area (TPSA) is 83.0 Å². The largest absolute Gasteiger partial charge is 0.507 e. The quantitative estimate of drug-likeness (QED) is 0.456. The molecule has 152 valence electrons. The average Bonchev–Trinajstić information content (AvgIpc) is 2.97. The Hall–Kier alpha value is -3.26. The first-order chi connectivity index (χ1) is 13.8. The molecule has 0 spiro atoms. The van der Waals surface area contributed by atoms with Crippen molar-refractivity contribution >= 4 is 17.4 Å². The highest BCUT2D eigenvalue weighted by Gasteiger charge is 2.46. The molecule has 1 aliphatic rings. The number of aliphatic hydroxyl groups is 1. The van der Waals surface area contributed by atoms with Gasteiger partial charge in [-0.25, -0.2) is 4.39 Å². The second-order valence-electron chi connectivity index (χ2n) is 6.92. The summed E-state index contributed by atoms with van der Waals surface area (Å²) < 4.78 is 19.0. The first kappa shape index (κ1) is 20.5. The predicted octanol–water partition coefficient (Wildman–Crippen LogP) is 2.21. The van der Waals surface area contributed by atoms with E-state index < -0.39 is 29.3 Å². The van der Waals surface area contributed by atoms with Crippen molar-refractivity contribution in [3.8, 4) is 5.75 Å². The van der Waals surface area contributed by atoms with E-state index in [0.29, 0.717) is 12.1 Å². The first-order valence-electron chi connectivity index (χ1n) is 9.02. The van der Waals surface area contributed by atoms with E-state index in [1.54, 1.807) is 24.5 Å². The number of likely N-dealkylation sites (tertiary alicyclic amines) is 1. The van der Waals surface area contributed by atoms with Crippen LogP contribution in [0.1, 0.15) is 17.2 Å². The SMILES string of the molecule is COc1ccc(F)cc1C(O)=C1C(=O)C(=O)N(CCN(C)C)[C@@H]1c1ccncc1. The van der Waals surface area contributed by atoms with Crippen LogP contribution in [0.15, 0.2) is 48.3 Å². The van der Waals surface area contributed by atoms with Crippen LogP contribution >= 0.6 is 0 Å². The standard InChI is InChI=1S/C21H22FN3O4/c1-24(2)10-11-25-18(13-6-8-23-9-7-13)17(20(27)21(25)28)19(26)15-12-14(22)4-5-16(15)29-3/h4-9,12,18,26H,10-11H2,1-3H3/t18-/m1/s1. The van der Waals surface area contributed by atoms with Gasteiger partial charge in [-0.1, -0.05) is 0 Å². The van der Waals surface area contributed by atoms with E-state index in [4.69, 9.17) is 4.74 Å². The number of benzene rings is 1. The van der Waals surface area contributed by atoms with Crippen LogP contribution in [0.25, 0.3) is 5.76 Å². The molecule has 0 radical (unpaired) electrons. The van der Waals surface area contributed by atoms with Crippen molar-refractivity contribution in [1.82, 2.24) is 14.8 Å². The maximum Gasteiger partial charge on any atom is 0.295 e. The Kier molecular flexibility index (Phi) is 5.93. The summed E-state index contributed by atoms with van der Waals surface area (Å²) in [5, 5.41) is 11.0. The highest BCUT2D eigenvalue weighted by molar-refractivity contribution is 6.46. The van der Waals surface area contributed by atoms with E-state index in [0.717, 1.165) is 6.07 Å². The number of hydrogen-bond donors (Lipinski definition) is 1. The first-order valence-corrected chi connectivity index (χ1v) is 9.02. The number of pyridine rings is 1. The number of ketones is 1. The van der Waals surface area contributed by atoms with Gasteiger partial charge in [-0.2, -0.15) is 0 Å². The molecule has 0 bridgehead atoms. The fourth-order valence-electron chi connectivity index (χ4n) is 3.32. The third-order valence-corrected chi connectivity index (χ3v) is 4.77. The normalized spacial score (nSPS) is 18.5. The zero-order valence-electron chi connectivity index (χ0n) is 16.4. The Labute approximate surface area is 168 Å². The number of ether oxygens (including phenoxy) is 1. The highest BCUT2D eigenvalue weighted by Crippen LogP contribution is 2.40. The second-order valence-corrected chi connectivity index (χ2v) is 6.92. The third kappa shape index (κ3) is 3.97. The number of likely N-dealkylation sites (N-methyl/N-ethyl adjacent to an activating group) is 1. The van der Waals surface area contributed by atoms with Crippen molar-refractivity contribution in [3.63, 3.8) is 0 Å². The zero-order valence-corrected chi connectivity index (χ0v) is 16.4. The lowest BCUT2D eigenvalue weighted by atomic mass is 9.95. The van der Waals surface area contributed by atoms with E-state index in [2.05, 4.69) is 4.98 Å². The van der Waals surface area contributed by atoms with Crippen LogP contribution in [0.5, 0.6) is 5.75 Å². The van der Waals surface area contributed by atoms with Gasteiger partial charge in [0, 0.05) is 25.5 Å². The fraction of sp³-hybridized carbons (Fsp3) is 0.286. The summed E-state index contributed by atoms with van der Waals surface area (Å²) in [4.78, 5) is 32.9. The minimum atomic E-state index is -0.825. The number of Topliss-reactive ketones (excluding diaryl/α,β-unsaturated/α-hetero) is 1. The minimum absolute atomic E-state index is 0.0113. The summed E-state index contributed by atoms with van der Waals surface area (Å²) in [6.45, 7) is 0.805. The van der Waals surface area contributed by atoms with Crippen LogP contribution in [0.3, 0.4) is 0 Å². The summed E-state index contributed by atoms with van der Waals surface area (Å²) in [6.07, 6.45) is 3.09. The van der Waals surface area contributed by atoms with Crippen LogP contribution in [0.4, 0.5) is 4.39 Å². The lowest BCUT2D eigenvalue weighted by Crippen LogP contribution is -2.35. The summed E-state index contributed by atoms with van der Waals surface area (Å²) in [7, 11) is 5.09. The lowest BCUT2D eigenvalue weighted by molar-refractivity contribution is -0.140. The van der Waals surface area contributed by atoms with E-state index >= 15 is 0 Å². The Bertz CT molecular complexity index is 960. The molecule has 0 aliphatic carbocycles. The maximum absolute atomic E-state index is 13.8. The third-order valence-electron chi connectivity index (χ3n) is 4.77. The average molecular weight is 399 g/mol. The van der Waals surface area contributed by atoms with Crippen molar-refractivity contribution in [2.24, 2.45) is 0 Å². The number of nitrogens with zero attached hydrogens (tertiary/aromatic N) is 3. The number of carbonyl (C=O) groups is 2. The predicted molar refractivity (Wildman–Crippen MR) is 105 cm³/mol. The number of aliphatic hydroxyl groups excluding tert-OH is 1. The van der Waals surface area contributed by atoms with E-state index in [1.165, 1.54) is 24.1 Å². The smallest absolute Gasteiger partial charge is 0.295 e. The van der Waals surface area contributed by atoms with Gasteiger partial charge in [0.2, 0.25) is 0 Å². The molecule has 7 nitrogen and oxygen atoms in total. The minimum Gasteiger partial charge on any atom is -0.507 e. The molecule has 1 aliphatic heterocycles. The van der Waals surface area contributed by atoms with Crippen molar-refractivity contribution in [1.29, 1.82) is 0 Å².